The van der Waals surface area contributed by atoms with Crippen LogP contribution >= 0.6 is 11.6 Å². The molecule has 0 bridgehead atoms. The summed E-state index contributed by atoms with van der Waals surface area (Å²) in [6.07, 6.45) is 14.5. The van der Waals surface area contributed by atoms with Crippen LogP contribution in [0.3, 0.4) is 0 Å². The smallest absolute Gasteiger partial charge is 0.140 e. The third-order valence-corrected chi connectivity index (χ3v) is 8.25. The molecule has 0 amide bonds. The second-order valence-electron chi connectivity index (χ2n) is 10.7. The first-order valence-electron chi connectivity index (χ1n) is 14.4. The topological polar surface area (TPSA) is 41.3 Å². The van der Waals surface area contributed by atoms with Crippen molar-refractivity contribution in [1.82, 2.24) is 14.5 Å². The minimum atomic E-state index is 0.222. The van der Waals surface area contributed by atoms with Crippen LogP contribution < -0.4 is 0 Å². The largest absolute Gasteiger partial charge is 0.508 e. The minimum absolute atomic E-state index is 0.222. The van der Waals surface area contributed by atoms with Gasteiger partial charge >= 0.3 is 0 Å². The Labute approximate surface area is 228 Å². The Hall–Kier alpha value is -2.30. The second kappa shape index (κ2) is 14.0. The van der Waals surface area contributed by atoms with Crippen molar-refractivity contribution in [3.8, 4) is 17.1 Å². The SMILES string of the molecule is CCCCC(c1cnc(-c2ccccc2)n1CCCC)N(Cc1ccc(O)cc1Cl)CC1CCCCC1. The summed E-state index contributed by atoms with van der Waals surface area (Å²) in [6, 6.07) is 16.3. The zero-order valence-corrected chi connectivity index (χ0v) is 23.5. The van der Waals surface area contributed by atoms with E-state index in [9.17, 15) is 5.11 Å². The van der Waals surface area contributed by atoms with Gasteiger partial charge in [-0.2, -0.15) is 0 Å². The highest BCUT2D eigenvalue weighted by atomic mass is 35.5. The zero-order chi connectivity index (χ0) is 26.0. The van der Waals surface area contributed by atoms with Crippen molar-refractivity contribution in [1.29, 1.82) is 0 Å². The number of unbranched alkanes of at least 4 members (excludes halogenated alkanes) is 2. The molecule has 0 saturated heterocycles. The van der Waals surface area contributed by atoms with E-state index in [1.807, 2.05) is 6.07 Å². The van der Waals surface area contributed by atoms with Crippen LogP contribution in [0.15, 0.2) is 54.7 Å². The fourth-order valence-electron chi connectivity index (χ4n) is 5.83. The van der Waals surface area contributed by atoms with E-state index in [1.54, 1.807) is 12.1 Å². The van der Waals surface area contributed by atoms with Gasteiger partial charge in [0.1, 0.15) is 11.6 Å². The molecule has 1 aromatic heterocycles. The number of phenolic OH excluding ortho intramolecular Hbond substituents is 1. The molecule has 37 heavy (non-hydrogen) atoms. The number of benzene rings is 2. The number of aromatic nitrogens is 2. The molecule has 1 aliphatic rings. The molecular weight excluding hydrogens is 478 g/mol. The Morgan fingerprint density at radius 3 is 2.49 bits per heavy atom. The maximum absolute atomic E-state index is 9.96. The van der Waals surface area contributed by atoms with Crippen LogP contribution in [0.4, 0.5) is 0 Å². The van der Waals surface area contributed by atoms with Crippen molar-refractivity contribution in [2.45, 2.75) is 97.2 Å². The lowest BCUT2D eigenvalue weighted by molar-refractivity contribution is 0.127. The molecule has 4 rings (SSSR count). The molecule has 5 heteroatoms. The van der Waals surface area contributed by atoms with Gasteiger partial charge in [-0.1, -0.05) is 100 Å². The molecule has 1 aliphatic carbocycles. The van der Waals surface area contributed by atoms with E-state index < -0.39 is 0 Å². The van der Waals surface area contributed by atoms with Crippen LogP contribution in [0.2, 0.25) is 5.02 Å². The molecule has 1 atom stereocenters. The van der Waals surface area contributed by atoms with Crippen molar-refractivity contribution in [3.63, 3.8) is 0 Å². The summed E-state index contributed by atoms with van der Waals surface area (Å²) in [4.78, 5) is 7.69. The number of halogens is 1. The lowest BCUT2D eigenvalue weighted by Gasteiger charge is -2.36. The Morgan fingerprint density at radius 2 is 1.78 bits per heavy atom. The van der Waals surface area contributed by atoms with Gasteiger partial charge in [0.2, 0.25) is 0 Å². The van der Waals surface area contributed by atoms with Crippen LogP contribution in [-0.4, -0.2) is 26.1 Å². The van der Waals surface area contributed by atoms with Crippen LogP contribution in [0, 0.1) is 5.92 Å². The maximum Gasteiger partial charge on any atom is 0.140 e. The van der Waals surface area contributed by atoms with Gasteiger partial charge in [-0.3, -0.25) is 4.90 Å². The predicted molar refractivity (Wildman–Crippen MR) is 155 cm³/mol. The van der Waals surface area contributed by atoms with Crippen molar-refractivity contribution >= 4 is 11.6 Å². The normalized spacial score (nSPS) is 15.4. The average molecular weight is 522 g/mol. The first-order valence-corrected chi connectivity index (χ1v) is 14.8. The molecule has 1 heterocycles. The van der Waals surface area contributed by atoms with Crippen molar-refractivity contribution in [2.24, 2.45) is 5.92 Å². The molecule has 1 N–H and O–H groups in total. The summed E-state index contributed by atoms with van der Waals surface area (Å²) in [7, 11) is 0. The van der Waals surface area contributed by atoms with Gasteiger partial charge in [0.15, 0.2) is 0 Å². The molecule has 4 nitrogen and oxygen atoms in total. The van der Waals surface area contributed by atoms with Crippen LogP contribution in [0.5, 0.6) is 5.75 Å². The summed E-state index contributed by atoms with van der Waals surface area (Å²) >= 11 is 6.65. The molecule has 1 saturated carbocycles. The van der Waals surface area contributed by atoms with Crippen molar-refractivity contribution < 1.29 is 5.11 Å². The molecule has 1 fully saturated rings. The second-order valence-corrected chi connectivity index (χ2v) is 11.2. The van der Waals surface area contributed by atoms with E-state index in [0.29, 0.717) is 5.02 Å². The average Bonchev–Trinajstić information content (AvgIpc) is 3.33. The molecular formula is C32H44ClN3O. The summed E-state index contributed by atoms with van der Waals surface area (Å²) in [5, 5.41) is 10.6. The van der Waals surface area contributed by atoms with E-state index in [1.165, 1.54) is 56.2 Å². The Kier molecular flexibility index (Phi) is 10.5. The van der Waals surface area contributed by atoms with Crippen LogP contribution in [-0.2, 0) is 13.1 Å². The molecule has 0 aliphatic heterocycles. The van der Waals surface area contributed by atoms with Gasteiger partial charge in [0.25, 0.3) is 0 Å². The number of nitrogens with zero attached hydrogens (tertiary/aromatic N) is 3. The third-order valence-electron chi connectivity index (χ3n) is 7.89. The number of rotatable bonds is 13. The fraction of sp³-hybridized carbons (Fsp3) is 0.531. The highest BCUT2D eigenvalue weighted by Crippen LogP contribution is 2.36. The number of hydrogen-bond donors (Lipinski definition) is 1. The fourth-order valence-corrected chi connectivity index (χ4v) is 6.06. The van der Waals surface area contributed by atoms with Crippen LogP contribution in [0.25, 0.3) is 11.4 Å². The molecule has 0 radical (unpaired) electrons. The third kappa shape index (κ3) is 7.39. The number of phenols is 1. The Morgan fingerprint density at radius 1 is 1.03 bits per heavy atom. The monoisotopic (exact) mass is 521 g/mol. The quantitative estimate of drug-likeness (QED) is 0.244. The first kappa shape index (κ1) is 27.7. The van der Waals surface area contributed by atoms with Gasteiger partial charge in [-0.15, -0.1) is 0 Å². The maximum atomic E-state index is 9.96. The highest BCUT2D eigenvalue weighted by molar-refractivity contribution is 6.31. The number of hydrogen-bond acceptors (Lipinski definition) is 3. The summed E-state index contributed by atoms with van der Waals surface area (Å²) in [5.74, 6) is 2.01. The summed E-state index contributed by atoms with van der Waals surface area (Å²) < 4.78 is 2.49. The van der Waals surface area contributed by atoms with Crippen molar-refractivity contribution in [3.05, 3.63) is 71.0 Å². The molecule has 200 valence electrons. The standard InChI is InChI=1S/C32H44ClN3O/c1-3-5-17-30(31-22-34-32(36(31)20-6-4-2)26-15-11-8-12-16-26)35(23-25-13-9-7-10-14-25)24-27-18-19-28(37)21-29(27)33/h8,11-12,15-16,18-19,21-22,25,30,37H,3-7,9-10,13-14,17,20,23-24H2,1-2H3. The molecule has 2 aromatic carbocycles. The van der Waals surface area contributed by atoms with Gasteiger partial charge in [0.05, 0.1) is 17.9 Å². The van der Waals surface area contributed by atoms with Crippen LogP contribution in [0.1, 0.15) is 95.4 Å². The Balaban J connectivity index is 1.74. The van der Waals surface area contributed by atoms with E-state index >= 15 is 0 Å². The molecule has 1 unspecified atom stereocenters. The van der Waals surface area contributed by atoms with Gasteiger partial charge in [-0.05, 0) is 49.3 Å². The number of aromatic hydroxyl groups is 1. The van der Waals surface area contributed by atoms with Crippen molar-refractivity contribution in [2.75, 3.05) is 6.54 Å². The van der Waals surface area contributed by atoms with E-state index in [0.717, 1.165) is 56.2 Å². The first-order chi connectivity index (χ1) is 18.1. The predicted octanol–water partition coefficient (Wildman–Crippen LogP) is 9.02. The highest BCUT2D eigenvalue weighted by Gasteiger charge is 2.28. The van der Waals surface area contributed by atoms with Gasteiger partial charge in [0, 0.05) is 30.2 Å². The van der Waals surface area contributed by atoms with E-state index in [-0.39, 0.29) is 11.8 Å². The zero-order valence-electron chi connectivity index (χ0n) is 22.7. The minimum Gasteiger partial charge on any atom is -0.508 e. The molecule has 0 spiro atoms. The Bertz CT molecular complexity index is 1090. The summed E-state index contributed by atoms with van der Waals surface area (Å²) in [5.41, 5.74) is 3.59. The summed E-state index contributed by atoms with van der Waals surface area (Å²) in [6.45, 7) is 7.38. The van der Waals surface area contributed by atoms with E-state index in [4.69, 9.17) is 16.6 Å². The lowest BCUT2D eigenvalue weighted by atomic mass is 9.88. The lowest BCUT2D eigenvalue weighted by Crippen LogP contribution is -2.35. The van der Waals surface area contributed by atoms with Gasteiger partial charge < -0.3 is 9.67 Å². The number of imidazole rings is 1. The van der Waals surface area contributed by atoms with Gasteiger partial charge in [-0.25, -0.2) is 4.98 Å². The van der Waals surface area contributed by atoms with E-state index in [2.05, 4.69) is 59.8 Å². The molecule has 3 aromatic rings.